The summed E-state index contributed by atoms with van der Waals surface area (Å²) in [4.78, 5) is 2.29. The molecule has 2 atom stereocenters. The number of hydrogen-bond acceptors (Lipinski definition) is 5. The molecule has 0 spiro atoms. The molecule has 1 fully saturated rings. The molecule has 0 bridgehead atoms. The van der Waals surface area contributed by atoms with E-state index in [1.54, 1.807) is 25.2 Å². The van der Waals surface area contributed by atoms with Gasteiger partial charge in [0.25, 0.3) is 0 Å². The van der Waals surface area contributed by atoms with Crippen LogP contribution < -0.4 is 9.64 Å². The van der Waals surface area contributed by atoms with E-state index in [9.17, 15) is 12.8 Å². The Hall–Kier alpha value is -2.94. The van der Waals surface area contributed by atoms with Gasteiger partial charge in [0.1, 0.15) is 22.6 Å². The van der Waals surface area contributed by atoms with E-state index in [1.165, 1.54) is 16.4 Å². The normalized spacial score (nSPS) is 21.6. The molecule has 196 valence electrons. The highest BCUT2D eigenvalue weighted by atomic mass is 32.2. The molecule has 2 aliphatic heterocycles. The average molecular weight is 525 g/mol. The van der Waals surface area contributed by atoms with E-state index >= 15 is 0 Å². The first kappa shape index (κ1) is 25.7. The Morgan fingerprint density at radius 3 is 2.46 bits per heavy atom. The summed E-state index contributed by atoms with van der Waals surface area (Å²) >= 11 is 0. The summed E-state index contributed by atoms with van der Waals surface area (Å²) in [5.41, 5.74) is 2.78. The van der Waals surface area contributed by atoms with E-state index in [-0.39, 0.29) is 22.9 Å². The fourth-order valence-electron chi connectivity index (χ4n) is 5.10. The van der Waals surface area contributed by atoms with Gasteiger partial charge in [0, 0.05) is 43.4 Å². The highest BCUT2D eigenvalue weighted by molar-refractivity contribution is 7.89. The summed E-state index contributed by atoms with van der Waals surface area (Å²) in [6.07, 6.45) is 1.33. The van der Waals surface area contributed by atoms with Gasteiger partial charge in [-0.15, -0.1) is 0 Å². The van der Waals surface area contributed by atoms with E-state index in [0.29, 0.717) is 48.2 Å². The number of anilines is 2. The van der Waals surface area contributed by atoms with Gasteiger partial charge in [-0.05, 0) is 48.2 Å². The van der Waals surface area contributed by atoms with E-state index in [4.69, 9.17) is 9.47 Å². The zero-order valence-electron chi connectivity index (χ0n) is 21.4. The molecule has 3 aromatic carbocycles. The van der Waals surface area contributed by atoms with Gasteiger partial charge in [0.2, 0.25) is 10.0 Å². The average Bonchev–Trinajstić information content (AvgIpc) is 3.37. The maximum Gasteiger partial charge on any atom is 0.245 e. The number of hydrogen-bond donors (Lipinski definition) is 0. The van der Waals surface area contributed by atoms with Crippen molar-refractivity contribution in [3.8, 4) is 16.9 Å². The van der Waals surface area contributed by atoms with Gasteiger partial charge in [-0.3, -0.25) is 0 Å². The molecule has 5 rings (SSSR count). The predicted octanol–water partition coefficient (Wildman–Crippen LogP) is 5.85. The maximum absolute atomic E-state index is 14.1. The second-order valence-corrected chi connectivity index (χ2v) is 12.1. The van der Waals surface area contributed by atoms with Crippen LogP contribution in [-0.4, -0.2) is 51.7 Å². The second kappa shape index (κ2) is 10.4. The number of para-hydroxylation sites is 1. The van der Waals surface area contributed by atoms with Crippen LogP contribution in [0.3, 0.4) is 0 Å². The van der Waals surface area contributed by atoms with Crippen LogP contribution in [0.15, 0.2) is 71.6 Å². The minimum atomic E-state index is -3.84. The predicted molar refractivity (Wildman–Crippen MR) is 143 cm³/mol. The standard InChI is InChI=1S/C29H33FN2O4S/c1-20(2)15-24-18-32(23-7-5-4-6-8-23)27-17-28(36-25-13-14-35-19-25)26(21-9-11-22(30)12-10-21)16-29(27)37(33,34)31(24)3/h4-12,16-17,20,24-25H,13-15,18-19H2,1-3H3/t24-,25+/m1/s1. The van der Waals surface area contributed by atoms with Crippen molar-refractivity contribution >= 4 is 21.4 Å². The molecule has 0 aromatic heterocycles. The van der Waals surface area contributed by atoms with Gasteiger partial charge in [-0.1, -0.05) is 44.2 Å². The van der Waals surface area contributed by atoms with Crippen LogP contribution in [0.2, 0.25) is 0 Å². The van der Waals surface area contributed by atoms with Crippen LogP contribution in [0.5, 0.6) is 5.75 Å². The summed E-state index contributed by atoms with van der Waals surface area (Å²) in [7, 11) is -2.17. The first-order chi connectivity index (χ1) is 17.7. The summed E-state index contributed by atoms with van der Waals surface area (Å²) in [6, 6.07) is 19.2. The van der Waals surface area contributed by atoms with Crippen LogP contribution in [0.25, 0.3) is 11.1 Å². The van der Waals surface area contributed by atoms with Gasteiger partial charge in [-0.25, -0.2) is 12.8 Å². The minimum absolute atomic E-state index is 0.138. The summed E-state index contributed by atoms with van der Waals surface area (Å²) in [5, 5.41) is 0. The maximum atomic E-state index is 14.1. The molecule has 1 saturated heterocycles. The quantitative estimate of drug-likeness (QED) is 0.405. The third kappa shape index (κ3) is 5.23. The Morgan fingerprint density at radius 1 is 1.08 bits per heavy atom. The van der Waals surface area contributed by atoms with Crippen molar-refractivity contribution < 1.29 is 22.3 Å². The van der Waals surface area contributed by atoms with Crippen molar-refractivity contribution in [1.82, 2.24) is 4.31 Å². The van der Waals surface area contributed by atoms with Crippen LogP contribution in [-0.2, 0) is 14.8 Å². The number of rotatable bonds is 6. The number of benzene rings is 3. The van der Waals surface area contributed by atoms with Crippen LogP contribution in [0.4, 0.5) is 15.8 Å². The molecule has 6 nitrogen and oxygen atoms in total. The fraction of sp³-hybridized carbons (Fsp3) is 0.379. The van der Waals surface area contributed by atoms with E-state index in [2.05, 4.69) is 18.7 Å². The van der Waals surface area contributed by atoms with Gasteiger partial charge in [-0.2, -0.15) is 4.31 Å². The van der Waals surface area contributed by atoms with E-state index < -0.39 is 10.0 Å². The van der Waals surface area contributed by atoms with E-state index in [1.807, 2.05) is 36.4 Å². The highest BCUT2D eigenvalue weighted by Crippen LogP contribution is 2.44. The second-order valence-electron chi connectivity index (χ2n) is 10.2. The number of ether oxygens (including phenoxy) is 2. The van der Waals surface area contributed by atoms with Crippen molar-refractivity contribution in [2.24, 2.45) is 5.92 Å². The Bertz CT molecular complexity index is 1340. The molecule has 3 aromatic rings. The largest absolute Gasteiger partial charge is 0.487 e. The lowest BCUT2D eigenvalue weighted by Crippen LogP contribution is -2.41. The first-order valence-electron chi connectivity index (χ1n) is 12.7. The van der Waals surface area contributed by atoms with Gasteiger partial charge in [0.15, 0.2) is 0 Å². The lowest BCUT2D eigenvalue weighted by molar-refractivity contribution is 0.141. The number of likely N-dealkylation sites (N-methyl/N-ethyl adjacent to an activating group) is 1. The van der Waals surface area contributed by atoms with E-state index in [0.717, 1.165) is 18.5 Å². The summed E-state index contributed by atoms with van der Waals surface area (Å²) < 4.78 is 55.3. The molecule has 0 aliphatic carbocycles. The number of halogens is 1. The lowest BCUT2D eigenvalue weighted by atomic mass is 10.0. The molecule has 0 unspecified atom stereocenters. The Labute approximate surface area is 218 Å². The zero-order chi connectivity index (χ0) is 26.2. The molecular weight excluding hydrogens is 491 g/mol. The molecule has 0 amide bonds. The Balaban J connectivity index is 1.74. The van der Waals surface area contributed by atoms with Crippen molar-refractivity contribution in [3.63, 3.8) is 0 Å². The zero-order valence-corrected chi connectivity index (χ0v) is 22.2. The van der Waals surface area contributed by atoms with Crippen LogP contribution in [0, 0.1) is 11.7 Å². The number of nitrogens with zero attached hydrogens (tertiary/aromatic N) is 2. The first-order valence-corrected chi connectivity index (χ1v) is 14.2. The van der Waals surface area contributed by atoms with Crippen molar-refractivity contribution in [3.05, 3.63) is 72.5 Å². The molecule has 0 N–H and O–H groups in total. The number of sulfonamides is 1. The van der Waals surface area contributed by atoms with Crippen LogP contribution in [0.1, 0.15) is 26.7 Å². The Morgan fingerprint density at radius 2 is 1.81 bits per heavy atom. The van der Waals surface area contributed by atoms with Crippen LogP contribution >= 0.6 is 0 Å². The summed E-state index contributed by atoms with van der Waals surface area (Å²) in [6.45, 7) is 5.81. The highest BCUT2D eigenvalue weighted by Gasteiger charge is 2.38. The van der Waals surface area contributed by atoms with Gasteiger partial charge < -0.3 is 14.4 Å². The van der Waals surface area contributed by atoms with Crippen molar-refractivity contribution in [2.45, 2.75) is 43.7 Å². The summed E-state index contributed by atoms with van der Waals surface area (Å²) in [5.74, 6) is 0.517. The van der Waals surface area contributed by atoms with Gasteiger partial charge in [0.05, 0.1) is 18.9 Å². The van der Waals surface area contributed by atoms with Crippen molar-refractivity contribution in [2.75, 3.05) is 31.7 Å². The third-order valence-corrected chi connectivity index (χ3v) is 9.00. The molecule has 8 heteroatoms. The molecule has 37 heavy (non-hydrogen) atoms. The Kier molecular flexibility index (Phi) is 7.25. The molecule has 2 heterocycles. The lowest BCUT2D eigenvalue weighted by Gasteiger charge is -2.30. The molecule has 2 aliphatic rings. The van der Waals surface area contributed by atoms with Gasteiger partial charge >= 0.3 is 0 Å². The monoisotopic (exact) mass is 524 g/mol. The number of fused-ring (bicyclic) bond motifs is 1. The minimum Gasteiger partial charge on any atom is -0.487 e. The smallest absolute Gasteiger partial charge is 0.245 e. The third-order valence-electron chi connectivity index (χ3n) is 7.06. The molecule has 0 saturated carbocycles. The molecule has 0 radical (unpaired) electrons. The SMILES string of the molecule is CC(C)C[C@@H]1CN(c2ccccc2)c2cc(O[C@H]3CCOC3)c(-c3ccc(F)cc3)cc2S(=O)(=O)N1C. The molecular formula is C29H33FN2O4S. The topological polar surface area (TPSA) is 59.1 Å². The van der Waals surface area contributed by atoms with Crippen molar-refractivity contribution in [1.29, 1.82) is 0 Å². The fourth-order valence-corrected chi connectivity index (χ4v) is 6.66.